The van der Waals surface area contributed by atoms with Gasteiger partial charge in [0.2, 0.25) is 5.88 Å². The van der Waals surface area contributed by atoms with Gasteiger partial charge in [-0.15, -0.1) is 0 Å². The van der Waals surface area contributed by atoms with Gasteiger partial charge in [-0.1, -0.05) is 12.2 Å². The van der Waals surface area contributed by atoms with Gasteiger partial charge in [0, 0.05) is 12.3 Å². The van der Waals surface area contributed by atoms with Crippen molar-refractivity contribution in [2.45, 2.75) is 13.3 Å². The Kier molecular flexibility index (Phi) is 4.84. The van der Waals surface area contributed by atoms with Gasteiger partial charge in [-0.2, -0.15) is 0 Å². The zero-order chi connectivity index (χ0) is 11.1. The van der Waals surface area contributed by atoms with Crippen molar-refractivity contribution in [3.63, 3.8) is 0 Å². The fourth-order valence-electron chi connectivity index (χ4n) is 1.26. The van der Waals surface area contributed by atoms with Crippen LogP contribution in [-0.4, -0.2) is 25.7 Å². The SMILES string of the molecule is CNCCC=Cc1cnc(OC)cc1C. The highest BCUT2D eigenvalue weighted by molar-refractivity contribution is 5.52. The van der Waals surface area contributed by atoms with Crippen LogP contribution in [0.2, 0.25) is 0 Å². The Labute approximate surface area is 91.2 Å². The van der Waals surface area contributed by atoms with E-state index in [-0.39, 0.29) is 0 Å². The predicted octanol–water partition coefficient (Wildman–Crippen LogP) is 2.02. The molecule has 1 rings (SSSR count). The minimum absolute atomic E-state index is 0.667. The van der Waals surface area contributed by atoms with E-state index >= 15 is 0 Å². The van der Waals surface area contributed by atoms with Crippen LogP contribution in [0, 0.1) is 6.92 Å². The van der Waals surface area contributed by atoms with Crippen LogP contribution in [0.3, 0.4) is 0 Å². The van der Waals surface area contributed by atoms with Gasteiger partial charge in [0.25, 0.3) is 0 Å². The molecule has 0 radical (unpaired) electrons. The first kappa shape index (κ1) is 11.7. The number of aromatic nitrogens is 1. The highest BCUT2D eigenvalue weighted by Gasteiger charge is 1.97. The molecule has 82 valence electrons. The Hall–Kier alpha value is -1.35. The van der Waals surface area contributed by atoms with E-state index in [0.29, 0.717) is 5.88 Å². The molecule has 0 aliphatic carbocycles. The Morgan fingerprint density at radius 2 is 2.33 bits per heavy atom. The summed E-state index contributed by atoms with van der Waals surface area (Å²) >= 11 is 0. The lowest BCUT2D eigenvalue weighted by Gasteiger charge is -2.02. The number of hydrogen-bond donors (Lipinski definition) is 1. The summed E-state index contributed by atoms with van der Waals surface area (Å²) < 4.78 is 5.05. The van der Waals surface area contributed by atoms with Crippen LogP contribution in [-0.2, 0) is 0 Å². The van der Waals surface area contributed by atoms with Crippen LogP contribution in [0.1, 0.15) is 17.5 Å². The molecule has 1 aromatic rings. The Morgan fingerprint density at radius 3 is 2.93 bits per heavy atom. The molecular formula is C12H18N2O. The van der Waals surface area contributed by atoms with Crippen molar-refractivity contribution >= 4 is 6.08 Å². The topological polar surface area (TPSA) is 34.2 Å². The molecule has 1 N–H and O–H groups in total. The van der Waals surface area contributed by atoms with Gasteiger partial charge in [-0.25, -0.2) is 4.98 Å². The number of aryl methyl sites for hydroxylation is 1. The molecular weight excluding hydrogens is 188 g/mol. The Bertz CT molecular complexity index is 334. The van der Waals surface area contributed by atoms with Crippen LogP contribution in [0.15, 0.2) is 18.3 Å². The van der Waals surface area contributed by atoms with Crippen LogP contribution in [0.25, 0.3) is 6.08 Å². The van der Waals surface area contributed by atoms with Crippen molar-refractivity contribution in [1.82, 2.24) is 10.3 Å². The highest BCUT2D eigenvalue weighted by Crippen LogP contribution is 2.14. The van der Waals surface area contributed by atoms with E-state index in [4.69, 9.17) is 4.74 Å². The van der Waals surface area contributed by atoms with Gasteiger partial charge in [-0.3, -0.25) is 0 Å². The van der Waals surface area contributed by atoms with Crippen LogP contribution >= 0.6 is 0 Å². The minimum atomic E-state index is 0.667. The number of nitrogens with one attached hydrogen (secondary N) is 1. The van der Waals surface area contributed by atoms with E-state index < -0.39 is 0 Å². The summed E-state index contributed by atoms with van der Waals surface area (Å²) in [4.78, 5) is 4.17. The van der Waals surface area contributed by atoms with Crippen LogP contribution in [0.5, 0.6) is 5.88 Å². The highest BCUT2D eigenvalue weighted by atomic mass is 16.5. The molecule has 1 heterocycles. The van der Waals surface area contributed by atoms with Crippen molar-refractivity contribution in [2.75, 3.05) is 20.7 Å². The molecule has 15 heavy (non-hydrogen) atoms. The number of rotatable bonds is 5. The van der Waals surface area contributed by atoms with E-state index in [1.165, 1.54) is 5.56 Å². The van der Waals surface area contributed by atoms with Crippen LogP contribution < -0.4 is 10.1 Å². The lowest BCUT2D eigenvalue weighted by molar-refractivity contribution is 0.397. The second kappa shape index (κ2) is 6.19. The fraction of sp³-hybridized carbons (Fsp3) is 0.417. The summed E-state index contributed by atoms with van der Waals surface area (Å²) in [5, 5.41) is 3.10. The third-order valence-corrected chi connectivity index (χ3v) is 2.19. The van der Waals surface area contributed by atoms with E-state index in [2.05, 4.69) is 29.4 Å². The van der Waals surface area contributed by atoms with Crippen molar-refractivity contribution in [1.29, 1.82) is 0 Å². The molecule has 0 unspecified atom stereocenters. The van der Waals surface area contributed by atoms with Gasteiger partial charge < -0.3 is 10.1 Å². The molecule has 0 aromatic carbocycles. The summed E-state index contributed by atoms with van der Waals surface area (Å²) in [6.45, 7) is 3.06. The van der Waals surface area contributed by atoms with Gasteiger partial charge in [-0.05, 0) is 38.1 Å². The zero-order valence-corrected chi connectivity index (χ0v) is 9.58. The predicted molar refractivity (Wildman–Crippen MR) is 63.1 cm³/mol. The maximum atomic E-state index is 5.05. The summed E-state index contributed by atoms with van der Waals surface area (Å²) in [5.41, 5.74) is 2.33. The first-order chi connectivity index (χ1) is 7.27. The van der Waals surface area contributed by atoms with Crippen molar-refractivity contribution in [2.24, 2.45) is 0 Å². The van der Waals surface area contributed by atoms with E-state index in [0.717, 1.165) is 18.5 Å². The maximum Gasteiger partial charge on any atom is 0.213 e. The molecule has 0 saturated carbocycles. The lowest BCUT2D eigenvalue weighted by atomic mass is 10.1. The van der Waals surface area contributed by atoms with E-state index in [1.54, 1.807) is 7.11 Å². The van der Waals surface area contributed by atoms with Gasteiger partial charge in [0.1, 0.15) is 0 Å². The molecule has 0 fully saturated rings. The number of pyridine rings is 1. The molecule has 0 bridgehead atoms. The number of nitrogens with zero attached hydrogens (tertiary/aromatic N) is 1. The first-order valence-corrected chi connectivity index (χ1v) is 5.09. The van der Waals surface area contributed by atoms with Gasteiger partial charge >= 0.3 is 0 Å². The van der Waals surface area contributed by atoms with Crippen molar-refractivity contribution in [3.05, 3.63) is 29.5 Å². The Morgan fingerprint density at radius 1 is 1.53 bits per heavy atom. The number of ether oxygens (including phenoxy) is 1. The first-order valence-electron chi connectivity index (χ1n) is 5.09. The normalized spacial score (nSPS) is 10.9. The zero-order valence-electron chi connectivity index (χ0n) is 9.58. The summed E-state index contributed by atoms with van der Waals surface area (Å²) in [6.07, 6.45) is 7.11. The molecule has 0 amide bonds. The van der Waals surface area contributed by atoms with Crippen molar-refractivity contribution in [3.8, 4) is 5.88 Å². The third kappa shape index (κ3) is 3.72. The van der Waals surface area contributed by atoms with Gasteiger partial charge in [0.15, 0.2) is 0 Å². The van der Waals surface area contributed by atoms with Crippen molar-refractivity contribution < 1.29 is 4.74 Å². The Balaban J connectivity index is 2.65. The third-order valence-electron chi connectivity index (χ3n) is 2.19. The molecule has 1 aromatic heterocycles. The largest absolute Gasteiger partial charge is 0.481 e. The molecule has 3 heteroatoms. The molecule has 0 aliphatic heterocycles. The number of hydrogen-bond acceptors (Lipinski definition) is 3. The summed E-state index contributed by atoms with van der Waals surface area (Å²) in [6, 6.07) is 1.94. The fourth-order valence-corrected chi connectivity index (χ4v) is 1.26. The standard InChI is InChI=1S/C12H18N2O/c1-10-8-12(15-3)14-9-11(10)6-4-5-7-13-2/h4,6,8-9,13H,5,7H2,1-3H3. The average molecular weight is 206 g/mol. The van der Waals surface area contributed by atoms with Crippen LogP contribution in [0.4, 0.5) is 0 Å². The monoisotopic (exact) mass is 206 g/mol. The summed E-state index contributed by atoms with van der Waals surface area (Å²) in [5.74, 6) is 0.667. The minimum Gasteiger partial charge on any atom is -0.481 e. The van der Waals surface area contributed by atoms with E-state index in [1.807, 2.05) is 19.3 Å². The quantitative estimate of drug-likeness (QED) is 0.748. The number of methoxy groups -OCH3 is 1. The van der Waals surface area contributed by atoms with E-state index in [9.17, 15) is 0 Å². The van der Waals surface area contributed by atoms with Gasteiger partial charge in [0.05, 0.1) is 7.11 Å². The summed E-state index contributed by atoms with van der Waals surface area (Å²) in [7, 11) is 3.58. The molecule has 0 spiro atoms. The molecule has 0 atom stereocenters. The molecule has 3 nitrogen and oxygen atoms in total. The second-order valence-electron chi connectivity index (χ2n) is 3.38. The maximum absolute atomic E-state index is 5.05. The smallest absolute Gasteiger partial charge is 0.213 e. The molecule has 0 aliphatic rings. The average Bonchev–Trinajstić information content (AvgIpc) is 2.26. The molecule has 0 saturated heterocycles. The second-order valence-corrected chi connectivity index (χ2v) is 3.38. The lowest BCUT2D eigenvalue weighted by Crippen LogP contribution is -2.05.